The van der Waals surface area contributed by atoms with Gasteiger partial charge in [0.1, 0.15) is 5.69 Å². The molecule has 170 valence electrons. The smallest absolute Gasteiger partial charge is 0.312 e. The third-order valence-electron chi connectivity index (χ3n) is 5.91. The first-order chi connectivity index (χ1) is 15.9. The van der Waals surface area contributed by atoms with E-state index in [0.29, 0.717) is 25.1 Å². The fourth-order valence-corrected chi connectivity index (χ4v) is 4.39. The maximum absolute atomic E-state index is 13.9. The molecular formula is C22H21F2N7O2. The average Bonchev–Trinajstić information content (AvgIpc) is 3.26. The molecule has 0 aliphatic carbocycles. The highest BCUT2D eigenvalue weighted by Gasteiger charge is 2.34. The summed E-state index contributed by atoms with van der Waals surface area (Å²) in [6, 6.07) is 6.73. The van der Waals surface area contributed by atoms with Crippen LogP contribution in [-0.4, -0.2) is 45.9 Å². The molecule has 3 heterocycles. The summed E-state index contributed by atoms with van der Waals surface area (Å²) in [4.78, 5) is 22.6. The molecule has 1 fully saturated rings. The van der Waals surface area contributed by atoms with Crippen molar-refractivity contribution in [1.82, 2.24) is 25.5 Å². The van der Waals surface area contributed by atoms with Gasteiger partial charge in [0.05, 0.1) is 35.9 Å². The Morgan fingerprint density at radius 3 is 2.70 bits per heavy atom. The zero-order chi connectivity index (χ0) is 23.1. The molecule has 2 aromatic heterocycles. The van der Waals surface area contributed by atoms with Crippen LogP contribution in [0.2, 0.25) is 0 Å². The number of hydrogen-bond donors (Lipinski definition) is 3. The molecular weight excluding hydrogens is 432 g/mol. The number of aromatic amines is 1. The number of H-pyrrole nitrogens is 1. The zero-order valence-corrected chi connectivity index (χ0v) is 17.7. The number of halogens is 2. The van der Waals surface area contributed by atoms with Gasteiger partial charge in [-0.2, -0.15) is 5.10 Å². The highest BCUT2D eigenvalue weighted by Crippen LogP contribution is 2.39. The number of nitrogens with zero attached hydrogens (tertiary/aromatic N) is 4. The number of rotatable bonds is 4. The second-order valence-electron chi connectivity index (χ2n) is 7.95. The number of nitrogens with one attached hydrogen (secondary N) is 2. The summed E-state index contributed by atoms with van der Waals surface area (Å²) < 4.78 is 33.1. The molecule has 1 aliphatic rings. The Labute approximate surface area is 186 Å². The second kappa shape index (κ2) is 8.15. The van der Waals surface area contributed by atoms with E-state index in [-0.39, 0.29) is 29.0 Å². The van der Waals surface area contributed by atoms with Crippen LogP contribution < -0.4 is 20.7 Å². The summed E-state index contributed by atoms with van der Waals surface area (Å²) in [6.07, 6.45) is 2.86. The number of amides is 2. The molecule has 2 amide bonds. The summed E-state index contributed by atoms with van der Waals surface area (Å²) in [7, 11) is 1.45. The number of ether oxygens (including phenoxy) is 1. The van der Waals surface area contributed by atoms with Gasteiger partial charge in [0.15, 0.2) is 11.6 Å². The van der Waals surface area contributed by atoms with Crippen LogP contribution in [0.15, 0.2) is 36.5 Å². The van der Waals surface area contributed by atoms with Crippen molar-refractivity contribution in [2.75, 3.05) is 18.6 Å². The minimum absolute atomic E-state index is 0.183. The van der Waals surface area contributed by atoms with Crippen LogP contribution in [-0.2, 0) is 0 Å². The monoisotopic (exact) mass is 453 g/mol. The molecule has 2 atom stereocenters. The molecule has 1 saturated heterocycles. The summed E-state index contributed by atoms with van der Waals surface area (Å²) >= 11 is 0. The number of urea groups is 1. The highest BCUT2D eigenvalue weighted by atomic mass is 19.2. The van der Waals surface area contributed by atoms with Gasteiger partial charge in [-0.3, -0.25) is 5.10 Å². The average molecular weight is 453 g/mol. The standard InChI is InChI=1S/C22H21F2N7O2/c1-33-21-20(28-17-8-14(23)15(24)9-18(17)29-21)19-6-12(27-22(25)32)4-5-31(19)13-3-2-11-10-26-30-16(11)7-13/h2-3,7-10,12,19H,4-6H2,1H3,(H,26,30)(H3,25,27,32). The molecule has 33 heavy (non-hydrogen) atoms. The lowest BCUT2D eigenvalue weighted by atomic mass is 9.93. The first kappa shape index (κ1) is 20.9. The van der Waals surface area contributed by atoms with Gasteiger partial charge in [-0.1, -0.05) is 0 Å². The number of aromatic nitrogens is 4. The van der Waals surface area contributed by atoms with Crippen molar-refractivity contribution in [3.05, 3.63) is 53.9 Å². The summed E-state index contributed by atoms with van der Waals surface area (Å²) in [5, 5.41) is 10.8. The predicted octanol–water partition coefficient (Wildman–Crippen LogP) is 3.17. The number of piperidine rings is 1. The molecule has 9 nitrogen and oxygen atoms in total. The molecule has 4 aromatic rings. The van der Waals surface area contributed by atoms with Gasteiger partial charge in [-0.25, -0.2) is 23.5 Å². The van der Waals surface area contributed by atoms with Gasteiger partial charge < -0.3 is 20.7 Å². The topological polar surface area (TPSA) is 122 Å². The van der Waals surface area contributed by atoms with E-state index in [1.54, 1.807) is 6.20 Å². The third kappa shape index (κ3) is 3.86. The third-order valence-corrected chi connectivity index (χ3v) is 5.91. The maximum Gasteiger partial charge on any atom is 0.312 e. The molecule has 2 aromatic carbocycles. The van der Waals surface area contributed by atoms with Crippen LogP contribution in [0.4, 0.5) is 19.3 Å². The zero-order valence-electron chi connectivity index (χ0n) is 17.7. The lowest BCUT2D eigenvalue weighted by Gasteiger charge is -2.41. The Balaban J connectivity index is 1.63. The first-order valence-corrected chi connectivity index (χ1v) is 10.4. The van der Waals surface area contributed by atoms with Crippen molar-refractivity contribution in [2.24, 2.45) is 5.73 Å². The van der Waals surface area contributed by atoms with E-state index in [1.807, 2.05) is 18.2 Å². The van der Waals surface area contributed by atoms with Gasteiger partial charge in [-0.05, 0) is 31.0 Å². The van der Waals surface area contributed by atoms with Gasteiger partial charge in [-0.15, -0.1) is 0 Å². The van der Waals surface area contributed by atoms with Crippen molar-refractivity contribution >= 4 is 33.7 Å². The molecule has 0 bridgehead atoms. The number of nitrogens with two attached hydrogens (primary N) is 1. The molecule has 4 N–H and O–H groups in total. The largest absolute Gasteiger partial charge is 0.480 e. The minimum Gasteiger partial charge on any atom is -0.480 e. The van der Waals surface area contributed by atoms with Gasteiger partial charge >= 0.3 is 6.03 Å². The molecule has 1 aliphatic heterocycles. The number of carbonyl (C=O) groups is 1. The number of anilines is 1. The molecule has 2 unspecified atom stereocenters. The van der Waals surface area contributed by atoms with Crippen LogP contribution >= 0.6 is 0 Å². The fraction of sp³-hybridized carbons (Fsp3) is 0.273. The van der Waals surface area contributed by atoms with E-state index < -0.39 is 17.7 Å². The van der Waals surface area contributed by atoms with Crippen LogP contribution in [0.1, 0.15) is 24.6 Å². The van der Waals surface area contributed by atoms with Crippen molar-refractivity contribution in [1.29, 1.82) is 0 Å². The van der Waals surface area contributed by atoms with E-state index in [0.717, 1.165) is 28.7 Å². The minimum atomic E-state index is -1.01. The van der Waals surface area contributed by atoms with Crippen LogP contribution in [0.3, 0.4) is 0 Å². The lowest BCUT2D eigenvalue weighted by Crippen LogP contribution is -2.48. The van der Waals surface area contributed by atoms with Crippen molar-refractivity contribution < 1.29 is 18.3 Å². The van der Waals surface area contributed by atoms with E-state index >= 15 is 0 Å². The van der Waals surface area contributed by atoms with Crippen molar-refractivity contribution in [3.63, 3.8) is 0 Å². The Kier molecular flexibility index (Phi) is 5.15. The number of fused-ring (bicyclic) bond motifs is 2. The Morgan fingerprint density at radius 2 is 1.97 bits per heavy atom. The van der Waals surface area contributed by atoms with Gasteiger partial charge in [0.25, 0.3) is 0 Å². The summed E-state index contributed by atoms with van der Waals surface area (Å²) in [6.45, 7) is 0.579. The molecule has 5 rings (SSSR count). The fourth-order valence-electron chi connectivity index (χ4n) is 4.39. The number of benzene rings is 2. The maximum atomic E-state index is 13.9. The Morgan fingerprint density at radius 1 is 1.21 bits per heavy atom. The molecule has 0 saturated carbocycles. The van der Waals surface area contributed by atoms with Crippen LogP contribution in [0.5, 0.6) is 5.88 Å². The summed E-state index contributed by atoms with van der Waals surface area (Å²) in [5.74, 6) is -1.82. The number of methoxy groups -OCH3 is 1. The lowest BCUT2D eigenvalue weighted by molar-refractivity contribution is 0.240. The second-order valence-corrected chi connectivity index (χ2v) is 7.95. The van der Waals surface area contributed by atoms with Gasteiger partial charge in [0.2, 0.25) is 5.88 Å². The molecule has 11 heteroatoms. The normalized spacial score (nSPS) is 18.6. The molecule has 0 spiro atoms. The van der Waals surface area contributed by atoms with E-state index in [9.17, 15) is 13.6 Å². The Hall–Kier alpha value is -4.02. The number of hydrogen-bond acceptors (Lipinski definition) is 6. The van der Waals surface area contributed by atoms with Gasteiger partial charge in [0, 0.05) is 35.8 Å². The van der Waals surface area contributed by atoms with E-state index in [4.69, 9.17) is 10.5 Å². The number of primary amides is 1. The highest BCUT2D eigenvalue weighted by molar-refractivity contribution is 5.82. The van der Waals surface area contributed by atoms with Crippen molar-refractivity contribution in [2.45, 2.75) is 24.9 Å². The quantitative estimate of drug-likeness (QED) is 0.436. The Bertz CT molecular complexity index is 1360. The SMILES string of the molecule is COc1nc2cc(F)c(F)cc2nc1C1CC(NC(N)=O)CCN1c1ccc2cn[nH]c2c1. The predicted molar refractivity (Wildman–Crippen MR) is 118 cm³/mol. The van der Waals surface area contributed by atoms with Crippen LogP contribution in [0.25, 0.3) is 21.9 Å². The van der Waals surface area contributed by atoms with E-state index in [1.165, 1.54) is 7.11 Å². The first-order valence-electron chi connectivity index (χ1n) is 10.4. The van der Waals surface area contributed by atoms with Crippen LogP contribution in [0, 0.1) is 11.6 Å². The number of carbonyl (C=O) groups excluding carboxylic acids is 1. The van der Waals surface area contributed by atoms with Crippen molar-refractivity contribution in [3.8, 4) is 5.88 Å². The van der Waals surface area contributed by atoms with E-state index in [2.05, 4.69) is 30.4 Å². The molecule has 0 radical (unpaired) electrons. The summed E-state index contributed by atoms with van der Waals surface area (Å²) in [5.41, 5.74) is 7.98.